The number of rotatable bonds is 0. The zero-order valence-electron chi connectivity index (χ0n) is 9.70. The third-order valence-electron chi connectivity index (χ3n) is 2.86. The predicted molar refractivity (Wildman–Crippen MR) is 64.5 cm³/mol. The molecule has 0 fully saturated rings. The number of halogens is 1. The summed E-state index contributed by atoms with van der Waals surface area (Å²) >= 11 is 0. The zero-order chi connectivity index (χ0) is 12.7. The fourth-order valence-electron chi connectivity index (χ4n) is 2.13. The zero-order valence-corrected chi connectivity index (χ0v) is 9.70. The summed E-state index contributed by atoms with van der Waals surface area (Å²) in [5.41, 5.74) is 2.41. The lowest BCUT2D eigenvalue weighted by Gasteiger charge is -2.09. The first-order valence-electron chi connectivity index (χ1n) is 5.56. The van der Waals surface area contributed by atoms with Gasteiger partial charge in [0.05, 0.1) is 23.4 Å². The molecule has 0 radical (unpaired) electrons. The first-order chi connectivity index (χ1) is 8.65. The van der Waals surface area contributed by atoms with Crippen LogP contribution in [0, 0.1) is 12.9 Å². The molecule has 0 aromatic carbocycles. The molecule has 2 aromatic rings. The van der Waals surface area contributed by atoms with Gasteiger partial charge in [0.15, 0.2) is 0 Å². The number of aromatic nitrogens is 2. The van der Waals surface area contributed by atoms with E-state index in [1.165, 1.54) is 0 Å². The van der Waals surface area contributed by atoms with Crippen molar-refractivity contribution in [3.8, 4) is 11.3 Å². The van der Waals surface area contributed by atoms with E-state index in [-0.39, 0.29) is 17.9 Å². The molecule has 5 heteroatoms. The standard InChI is InChI=1S/C13H10FN3O/c1-7-5-9-11(13(14)16-7)12-8(3-2-4-15-12)6-10(18)17-9/h2-5H,6H2,1H3,(H,17,18). The molecule has 3 rings (SSSR count). The van der Waals surface area contributed by atoms with Crippen molar-refractivity contribution in [3.63, 3.8) is 0 Å². The van der Waals surface area contributed by atoms with Crippen molar-refractivity contribution in [2.75, 3.05) is 5.32 Å². The minimum Gasteiger partial charge on any atom is -0.325 e. The molecular weight excluding hydrogens is 233 g/mol. The number of fused-ring (bicyclic) bond motifs is 3. The highest BCUT2D eigenvalue weighted by molar-refractivity contribution is 5.99. The molecule has 0 saturated carbocycles. The number of nitrogens with zero attached hydrogens (tertiary/aromatic N) is 2. The molecule has 90 valence electrons. The summed E-state index contributed by atoms with van der Waals surface area (Å²) in [7, 11) is 0. The average Bonchev–Trinajstić information content (AvgIpc) is 2.43. The van der Waals surface area contributed by atoms with Gasteiger partial charge in [-0.1, -0.05) is 6.07 Å². The quantitative estimate of drug-likeness (QED) is 0.721. The predicted octanol–water partition coefficient (Wildman–Crippen LogP) is 2.09. The monoisotopic (exact) mass is 243 g/mol. The summed E-state index contributed by atoms with van der Waals surface area (Å²) in [4.78, 5) is 19.7. The second-order valence-corrected chi connectivity index (χ2v) is 4.21. The van der Waals surface area contributed by atoms with Crippen LogP contribution in [-0.2, 0) is 11.2 Å². The maximum Gasteiger partial charge on any atom is 0.228 e. The van der Waals surface area contributed by atoms with Crippen molar-refractivity contribution < 1.29 is 9.18 Å². The third kappa shape index (κ3) is 1.64. The number of anilines is 1. The molecule has 0 aliphatic carbocycles. The van der Waals surface area contributed by atoms with Gasteiger partial charge in [-0.3, -0.25) is 9.78 Å². The van der Waals surface area contributed by atoms with Gasteiger partial charge in [-0.25, -0.2) is 4.98 Å². The van der Waals surface area contributed by atoms with Crippen LogP contribution in [-0.4, -0.2) is 15.9 Å². The van der Waals surface area contributed by atoms with Crippen molar-refractivity contribution in [1.29, 1.82) is 0 Å². The number of aryl methyl sites for hydroxylation is 1. The minimum atomic E-state index is -0.604. The van der Waals surface area contributed by atoms with Gasteiger partial charge < -0.3 is 5.32 Å². The molecule has 0 unspecified atom stereocenters. The van der Waals surface area contributed by atoms with Gasteiger partial charge in [-0.2, -0.15) is 4.39 Å². The van der Waals surface area contributed by atoms with E-state index in [9.17, 15) is 9.18 Å². The summed E-state index contributed by atoms with van der Waals surface area (Å²) in [6.45, 7) is 1.68. The molecular formula is C13H10FN3O. The van der Waals surface area contributed by atoms with Crippen LogP contribution in [0.5, 0.6) is 0 Å². The van der Waals surface area contributed by atoms with Gasteiger partial charge in [0.2, 0.25) is 11.9 Å². The molecule has 3 heterocycles. The average molecular weight is 243 g/mol. The van der Waals surface area contributed by atoms with Crippen LogP contribution >= 0.6 is 0 Å². The fourth-order valence-corrected chi connectivity index (χ4v) is 2.13. The van der Waals surface area contributed by atoms with Crippen LogP contribution in [0.3, 0.4) is 0 Å². The SMILES string of the molecule is Cc1cc2c(c(F)n1)-c1ncccc1CC(=O)N2. The number of pyridine rings is 2. The highest BCUT2D eigenvalue weighted by Gasteiger charge is 2.23. The molecule has 1 aliphatic heterocycles. The summed E-state index contributed by atoms with van der Waals surface area (Å²) < 4.78 is 14.0. The highest BCUT2D eigenvalue weighted by atomic mass is 19.1. The smallest absolute Gasteiger partial charge is 0.228 e. The van der Waals surface area contributed by atoms with E-state index in [0.717, 1.165) is 0 Å². The molecule has 0 spiro atoms. The number of carbonyl (C=O) groups excluding carboxylic acids is 1. The summed E-state index contributed by atoms with van der Waals surface area (Å²) in [5, 5.41) is 2.69. The van der Waals surface area contributed by atoms with E-state index >= 15 is 0 Å². The summed E-state index contributed by atoms with van der Waals surface area (Å²) in [6, 6.07) is 5.16. The molecule has 4 nitrogen and oxygen atoms in total. The van der Waals surface area contributed by atoms with Crippen molar-refractivity contribution in [2.24, 2.45) is 0 Å². The van der Waals surface area contributed by atoms with Gasteiger partial charge >= 0.3 is 0 Å². The van der Waals surface area contributed by atoms with Crippen LogP contribution in [0.15, 0.2) is 24.4 Å². The van der Waals surface area contributed by atoms with Crippen LogP contribution in [0.2, 0.25) is 0 Å². The minimum absolute atomic E-state index is 0.173. The molecule has 2 aromatic heterocycles. The van der Waals surface area contributed by atoms with E-state index < -0.39 is 5.95 Å². The Morgan fingerprint density at radius 3 is 3.11 bits per heavy atom. The Balaban J connectivity index is 2.35. The van der Waals surface area contributed by atoms with Gasteiger partial charge in [0, 0.05) is 11.9 Å². The summed E-state index contributed by atoms with van der Waals surface area (Å²) in [6.07, 6.45) is 1.77. The van der Waals surface area contributed by atoms with E-state index in [2.05, 4.69) is 15.3 Å². The van der Waals surface area contributed by atoms with Gasteiger partial charge in [0.25, 0.3) is 0 Å². The number of hydrogen-bond donors (Lipinski definition) is 1. The Hall–Kier alpha value is -2.30. The Morgan fingerprint density at radius 1 is 1.44 bits per heavy atom. The molecule has 1 aliphatic rings. The van der Waals surface area contributed by atoms with Crippen LogP contribution in [0.4, 0.5) is 10.1 Å². The molecule has 18 heavy (non-hydrogen) atoms. The largest absolute Gasteiger partial charge is 0.325 e. The second-order valence-electron chi connectivity index (χ2n) is 4.21. The number of nitrogens with one attached hydrogen (secondary N) is 1. The Morgan fingerprint density at radius 2 is 2.28 bits per heavy atom. The molecule has 1 N–H and O–H groups in total. The molecule has 1 amide bonds. The van der Waals surface area contributed by atoms with E-state index in [1.54, 1.807) is 31.3 Å². The normalized spacial score (nSPS) is 13.3. The maximum absolute atomic E-state index is 14.0. The van der Waals surface area contributed by atoms with E-state index in [1.807, 2.05) is 0 Å². The van der Waals surface area contributed by atoms with Crippen molar-refractivity contribution >= 4 is 11.6 Å². The van der Waals surface area contributed by atoms with E-state index in [0.29, 0.717) is 22.6 Å². The molecule has 0 bridgehead atoms. The second kappa shape index (κ2) is 3.87. The third-order valence-corrected chi connectivity index (χ3v) is 2.86. The lowest BCUT2D eigenvalue weighted by Crippen LogP contribution is -2.13. The highest BCUT2D eigenvalue weighted by Crippen LogP contribution is 2.33. The van der Waals surface area contributed by atoms with Crippen LogP contribution < -0.4 is 5.32 Å². The Kier molecular flexibility index (Phi) is 2.33. The topological polar surface area (TPSA) is 54.9 Å². The Bertz CT molecular complexity index is 655. The first-order valence-corrected chi connectivity index (χ1v) is 5.56. The summed E-state index contributed by atoms with van der Waals surface area (Å²) in [5.74, 6) is -0.778. The van der Waals surface area contributed by atoms with Crippen molar-refractivity contribution in [3.05, 3.63) is 41.6 Å². The maximum atomic E-state index is 14.0. The lowest BCUT2D eigenvalue weighted by atomic mass is 10.0. The molecule has 0 saturated heterocycles. The molecule has 0 atom stereocenters. The van der Waals surface area contributed by atoms with Crippen LogP contribution in [0.1, 0.15) is 11.3 Å². The van der Waals surface area contributed by atoms with Gasteiger partial charge in [-0.05, 0) is 24.6 Å². The number of carbonyl (C=O) groups is 1. The van der Waals surface area contributed by atoms with Crippen LogP contribution in [0.25, 0.3) is 11.3 Å². The van der Waals surface area contributed by atoms with Crippen molar-refractivity contribution in [2.45, 2.75) is 13.3 Å². The lowest BCUT2D eigenvalue weighted by molar-refractivity contribution is -0.115. The van der Waals surface area contributed by atoms with Crippen molar-refractivity contribution in [1.82, 2.24) is 9.97 Å². The Labute approximate surface area is 103 Å². The fraction of sp³-hybridized carbons (Fsp3) is 0.154. The van der Waals surface area contributed by atoms with Gasteiger partial charge in [0.1, 0.15) is 0 Å². The first kappa shape index (κ1) is 10.8. The van der Waals surface area contributed by atoms with Gasteiger partial charge in [-0.15, -0.1) is 0 Å². The number of hydrogen-bond acceptors (Lipinski definition) is 3. The number of amides is 1. The van der Waals surface area contributed by atoms with E-state index in [4.69, 9.17) is 0 Å².